The molecule has 1 heterocycles. The SMILES string of the molecule is CN1CCN(C[C@@H](NCc2cccc(F)c2)c2ccccc2)CC1. The molecule has 128 valence electrons. The smallest absolute Gasteiger partial charge is 0.123 e. The van der Waals surface area contributed by atoms with Crippen molar-refractivity contribution < 1.29 is 4.39 Å². The van der Waals surface area contributed by atoms with Gasteiger partial charge in [-0.25, -0.2) is 4.39 Å². The Kier molecular flexibility index (Phi) is 5.96. The summed E-state index contributed by atoms with van der Waals surface area (Å²) in [6, 6.07) is 17.6. The highest BCUT2D eigenvalue weighted by Gasteiger charge is 2.19. The molecular formula is C20H26FN3. The normalized spacial score (nSPS) is 17.8. The van der Waals surface area contributed by atoms with E-state index < -0.39 is 0 Å². The van der Waals surface area contributed by atoms with E-state index in [1.54, 1.807) is 12.1 Å². The van der Waals surface area contributed by atoms with Gasteiger partial charge in [0.15, 0.2) is 0 Å². The Labute approximate surface area is 144 Å². The van der Waals surface area contributed by atoms with Gasteiger partial charge in [0.05, 0.1) is 0 Å². The van der Waals surface area contributed by atoms with Crippen LogP contribution in [0.25, 0.3) is 0 Å². The highest BCUT2D eigenvalue weighted by Crippen LogP contribution is 2.16. The number of halogens is 1. The summed E-state index contributed by atoms with van der Waals surface area (Å²) in [5.74, 6) is -0.176. The molecule has 0 spiro atoms. The first-order valence-electron chi connectivity index (χ1n) is 8.64. The number of hydrogen-bond donors (Lipinski definition) is 1. The molecule has 24 heavy (non-hydrogen) atoms. The van der Waals surface area contributed by atoms with Crippen molar-refractivity contribution in [1.82, 2.24) is 15.1 Å². The van der Waals surface area contributed by atoms with Crippen LogP contribution in [0.15, 0.2) is 54.6 Å². The van der Waals surface area contributed by atoms with E-state index in [9.17, 15) is 4.39 Å². The van der Waals surface area contributed by atoms with Gasteiger partial charge in [0, 0.05) is 45.3 Å². The molecule has 0 unspecified atom stereocenters. The van der Waals surface area contributed by atoms with Crippen LogP contribution in [0.1, 0.15) is 17.2 Å². The van der Waals surface area contributed by atoms with Crippen LogP contribution in [-0.2, 0) is 6.54 Å². The van der Waals surface area contributed by atoms with E-state index >= 15 is 0 Å². The summed E-state index contributed by atoms with van der Waals surface area (Å²) in [6.45, 7) is 6.08. The molecule has 3 rings (SSSR count). The lowest BCUT2D eigenvalue weighted by Crippen LogP contribution is -2.47. The van der Waals surface area contributed by atoms with Gasteiger partial charge < -0.3 is 10.2 Å². The maximum atomic E-state index is 13.4. The lowest BCUT2D eigenvalue weighted by Gasteiger charge is -2.35. The number of hydrogen-bond acceptors (Lipinski definition) is 3. The second-order valence-corrected chi connectivity index (χ2v) is 6.58. The zero-order chi connectivity index (χ0) is 16.8. The first-order valence-corrected chi connectivity index (χ1v) is 8.64. The molecule has 1 fully saturated rings. The molecule has 2 aromatic rings. The lowest BCUT2D eigenvalue weighted by atomic mass is 10.1. The number of likely N-dealkylation sites (N-methyl/N-ethyl adjacent to an activating group) is 1. The summed E-state index contributed by atoms with van der Waals surface area (Å²) in [4.78, 5) is 4.88. The Hall–Kier alpha value is -1.75. The Morgan fingerprint density at radius 1 is 1.00 bits per heavy atom. The van der Waals surface area contributed by atoms with Crippen LogP contribution in [0.2, 0.25) is 0 Å². The van der Waals surface area contributed by atoms with Gasteiger partial charge in [-0.05, 0) is 30.3 Å². The van der Waals surface area contributed by atoms with Gasteiger partial charge in [-0.1, -0.05) is 42.5 Å². The molecule has 1 atom stereocenters. The van der Waals surface area contributed by atoms with Crippen LogP contribution in [0.4, 0.5) is 4.39 Å². The van der Waals surface area contributed by atoms with Crippen molar-refractivity contribution in [2.24, 2.45) is 0 Å². The molecule has 0 radical (unpaired) electrons. The fraction of sp³-hybridized carbons (Fsp3) is 0.400. The van der Waals surface area contributed by atoms with Crippen molar-refractivity contribution in [3.05, 3.63) is 71.5 Å². The Morgan fingerprint density at radius 3 is 2.46 bits per heavy atom. The van der Waals surface area contributed by atoms with E-state index in [1.807, 2.05) is 12.1 Å². The number of rotatable bonds is 6. The van der Waals surface area contributed by atoms with Crippen molar-refractivity contribution >= 4 is 0 Å². The minimum atomic E-state index is -0.176. The molecule has 0 amide bonds. The lowest BCUT2D eigenvalue weighted by molar-refractivity contribution is 0.142. The van der Waals surface area contributed by atoms with Crippen LogP contribution in [0.5, 0.6) is 0 Å². The molecule has 1 N–H and O–H groups in total. The molecular weight excluding hydrogens is 301 g/mol. The summed E-state index contributed by atoms with van der Waals surface area (Å²) in [5.41, 5.74) is 2.27. The maximum Gasteiger partial charge on any atom is 0.123 e. The van der Waals surface area contributed by atoms with Crippen LogP contribution >= 0.6 is 0 Å². The van der Waals surface area contributed by atoms with Crippen LogP contribution in [0.3, 0.4) is 0 Å². The molecule has 1 aliphatic rings. The molecule has 0 aliphatic carbocycles. The summed E-state index contributed by atoms with van der Waals surface area (Å²) >= 11 is 0. The van der Waals surface area contributed by atoms with Crippen LogP contribution < -0.4 is 5.32 Å². The van der Waals surface area contributed by atoms with Gasteiger partial charge in [0.25, 0.3) is 0 Å². The summed E-state index contributed by atoms with van der Waals surface area (Å²) in [6.07, 6.45) is 0. The molecule has 1 aliphatic heterocycles. The molecule has 1 saturated heterocycles. The number of piperazine rings is 1. The zero-order valence-corrected chi connectivity index (χ0v) is 14.3. The predicted octanol–water partition coefficient (Wildman–Crippen LogP) is 2.90. The molecule has 2 aromatic carbocycles. The van der Waals surface area contributed by atoms with Crippen molar-refractivity contribution in [3.8, 4) is 0 Å². The molecule has 4 heteroatoms. The summed E-state index contributed by atoms with van der Waals surface area (Å²) in [7, 11) is 2.17. The van der Waals surface area contributed by atoms with E-state index in [0.717, 1.165) is 38.3 Å². The van der Waals surface area contributed by atoms with E-state index in [4.69, 9.17) is 0 Å². The quantitative estimate of drug-likeness (QED) is 0.880. The van der Waals surface area contributed by atoms with Gasteiger partial charge >= 0.3 is 0 Å². The Bertz CT molecular complexity index is 624. The number of nitrogens with one attached hydrogen (secondary N) is 1. The topological polar surface area (TPSA) is 18.5 Å². The largest absolute Gasteiger partial charge is 0.305 e. The van der Waals surface area contributed by atoms with Crippen molar-refractivity contribution in [1.29, 1.82) is 0 Å². The van der Waals surface area contributed by atoms with Gasteiger partial charge in [-0.3, -0.25) is 4.90 Å². The fourth-order valence-corrected chi connectivity index (χ4v) is 3.15. The summed E-state index contributed by atoms with van der Waals surface area (Å²) < 4.78 is 13.4. The molecule has 0 saturated carbocycles. The standard InChI is InChI=1S/C20H26FN3/c1-23-10-12-24(13-11-23)16-20(18-7-3-2-4-8-18)22-15-17-6-5-9-19(21)14-17/h2-9,14,20,22H,10-13,15-16H2,1H3/t20-/m1/s1. The van der Waals surface area contributed by atoms with Crippen molar-refractivity contribution in [3.63, 3.8) is 0 Å². The fourth-order valence-electron chi connectivity index (χ4n) is 3.15. The Morgan fingerprint density at radius 2 is 1.75 bits per heavy atom. The highest BCUT2D eigenvalue weighted by molar-refractivity contribution is 5.21. The Balaban J connectivity index is 1.66. The second kappa shape index (κ2) is 8.38. The highest BCUT2D eigenvalue weighted by atomic mass is 19.1. The minimum absolute atomic E-state index is 0.176. The zero-order valence-electron chi connectivity index (χ0n) is 14.3. The van der Waals surface area contributed by atoms with E-state index in [-0.39, 0.29) is 11.9 Å². The second-order valence-electron chi connectivity index (χ2n) is 6.58. The molecule has 0 bridgehead atoms. The van der Waals surface area contributed by atoms with E-state index in [0.29, 0.717) is 6.54 Å². The predicted molar refractivity (Wildman–Crippen MR) is 96.4 cm³/mol. The van der Waals surface area contributed by atoms with Gasteiger partial charge in [0.1, 0.15) is 5.82 Å². The van der Waals surface area contributed by atoms with Crippen LogP contribution in [0, 0.1) is 5.82 Å². The molecule has 3 nitrogen and oxygen atoms in total. The maximum absolute atomic E-state index is 13.4. The van der Waals surface area contributed by atoms with Crippen LogP contribution in [-0.4, -0.2) is 49.6 Å². The third kappa shape index (κ3) is 4.87. The summed E-state index contributed by atoms with van der Waals surface area (Å²) in [5, 5.41) is 3.62. The van der Waals surface area contributed by atoms with Gasteiger partial charge in [-0.15, -0.1) is 0 Å². The first kappa shape index (κ1) is 17.1. The van der Waals surface area contributed by atoms with E-state index in [1.165, 1.54) is 11.6 Å². The number of benzene rings is 2. The average Bonchev–Trinajstić information content (AvgIpc) is 2.61. The van der Waals surface area contributed by atoms with Gasteiger partial charge in [0.2, 0.25) is 0 Å². The minimum Gasteiger partial charge on any atom is -0.305 e. The third-order valence-electron chi connectivity index (χ3n) is 4.68. The number of nitrogens with zero attached hydrogens (tertiary/aromatic N) is 2. The van der Waals surface area contributed by atoms with Gasteiger partial charge in [-0.2, -0.15) is 0 Å². The monoisotopic (exact) mass is 327 g/mol. The average molecular weight is 327 g/mol. The molecule has 0 aromatic heterocycles. The first-order chi connectivity index (χ1) is 11.7. The third-order valence-corrected chi connectivity index (χ3v) is 4.68. The van der Waals surface area contributed by atoms with E-state index in [2.05, 4.69) is 46.4 Å². The van der Waals surface area contributed by atoms with Crippen molar-refractivity contribution in [2.75, 3.05) is 39.8 Å². The van der Waals surface area contributed by atoms with Crippen molar-refractivity contribution in [2.45, 2.75) is 12.6 Å².